The van der Waals surface area contributed by atoms with Crippen LogP contribution in [0.5, 0.6) is 0 Å². The Bertz CT molecular complexity index is 716. The van der Waals surface area contributed by atoms with Gasteiger partial charge in [-0.25, -0.2) is 0 Å². The van der Waals surface area contributed by atoms with Crippen molar-refractivity contribution in [3.63, 3.8) is 0 Å². The standard InChI is InChI=1S/C17H26N6O2/c1-12-15(13(2)25-21-12)5-6-19-17(18-3)23-7-8-24-16(11-23)14-9-20-22(4)10-14/h9-10,16H,5-8,11H2,1-4H3,(H,18,19). The number of aliphatic imine (C=N–C) groups is 1. The van der Waals surface area contributed by atoms with Crippen LogP contribution < -0.4 is 5.32 Å². The second kappa shape index (κ2) is 7.69. The normalized spacial score (nSPS) is 18.6. The van der Waals surface area contributed by atoms with E-state index in [0.29, 0.717) is 6.61 Å². The molecule has 1 fully saturated rings. The summed E-state index contributed by atoms with van der Waals surface area (Å²) in [6.45, 7) is 6.96. The Hall–Kier alpha value is -2.35. The number of nitrogens with zero attached hydrogens (tertiary/aromatic N) is 5. The highest BCUT2D eigenvalue weighted by Crippen LogP contribution is 2.21. The molecule has 1 N–H and O–H groups in total. The van der Waals surface area contributed by atoms with Gasteiger partial charge >= 0.3 is 0 Å². The van der Waals surface area contributed by atoms with E-state index in [1.54, 1.807) is 4.68 Å². The zero-order valence-electron chi connectivity index (χ0n) is 15.3. The lowest BCUT2D eigenvalue weighted by Crippen LogP contribution is -2.48. The minimum atomic E-state index is 0.0172. The number of aromatic nitrogens is 3. The second-order valence-electron chi connectivity index (χ2n) is 6.28. The highest BCUT2D eigenvalue weighted by atomic mass is 16.5. The first-order valence-corrected chi connectivity index (χ1v) is 8.56. The summed E-state index contributed by atoms with van der Waals surface area (Å²) in [5, 5.41) is 11.7. The molecule has 1 saturated heterocycles. The lowest BCUT2D eigenvalue weighted by molar-refractivity contribution is -0.00800. The molecule has 1 atom stereocenters. The van der Waals surface area contributed by atoms with E-state index in [1.807, 2.05) is 40.3 Å². The van der Waals surface area contributed by atoms with Gasteiger partial charge in [-0.15, -0.1) is 0 Å². The average molecular weight is 346 g/mol. The Morgan fingerprint density at radius 3 is 2.92 bits per heavy atom. The van der Waals surface area contributed by atoms with Crippen molar-refractivity contribution in [2.45, 2.75) is 26.4 Å². The molecule has 2 aromatic heterocycles. The zero-order valence-corrected chi connectivity index (χ0v) is 15.3. The highest BCUT2D eigenvalue weighted by Gasteiger charge is 2.25. The Morgan fingerprint density at radius 1 is 1.44 bits per heavy atom. The lowest BCUT2D eigenvalue weighted by atomic mass is 10.1. The van der Waals surface area contributed by atoms with Crippen molar-refractivity contribution in [1.29, 1.82) is 0 Å². The van der Waals surface area contributed by atoms with Gasteiger partial charge in [-0.3, -0.25) is 9.67 Å². The summed E-state index contributed by atoms with van der Waals surface area (Å²) >= 11 is 0. The molecule has 136 valence electrons. The summed E-state index contributed by atoms with van der Waals surface area (Å²) in [4.78, 5) is 6.66. The van der Waals surface area contributed by atoms with Gasteiger partial charge in [0.25, 0.3) is 0 Å². The zero-order chi connectivity index (χ0) is 17.8. The van der Waals surface area contributed by atoms with Gasteiger partial charge in [0.05, 0.1) is 25.0 Å². The summed E-state index contributed by atoms with van der Waals surface area (Å²) in [6, 6.07) is 0. The summed E-state index contributed by atoms with van der Waals surface area (Å²) in [6.07, 6.45) is 4.74. The highest BCUT2D eigenvalue weighted by molar-refractivity contribution is 5.80. The van der Waals surface area contributed by atoms with Crippen LogP contribution in [-0.4, -0.2) is 59.1 Å². The summed E-state index contributed by atoms with van der Waals surface area (Å²) < 4.78 is 12.9. The molecule has 0 aromatic carbocycles. The molecular formula is C17H26N6O2. The van der Waals surface area contributed by atoms with Gasteiger partial charge in [0.1, 0.15) is 11.9 Å². The molecule has 2 aromatic rings. The van der Waals surface area contributed by atoms with E-state index in [0.717, 1.165) is 54.6 Å². The van der Waals surface area contributed by atoms with Crippen LogP contribution in [0.25, 0.3) is 0 Å². The number of guanidine groups is 1. The van der Waals surface area contributed by atoms with E-state index in [4.69, 9.17) is 9.26 Å². The van der Waals surface area contributed by atoms with Gasteiger partial charge in [0, 0.05) is 44.5 Å². The third-order valence-corrected chi connectivity index (χ3v) is 4.51. The van der Waals surface area contributed by atoms with Crippen LogP contribution in [0.15, 0.2) is 21.9 Å². The Labute approximate surface area is 147 Å². The van der Waals surface area contributed by atoms with Gasteiger partial charge < -0.3 is 19.5 Å². The largest absolute Gasteiger partial charge is 0.370 e. The molecule has 0 aliphatic carbocycles. The molecule has 1 aliphatic heterocycles. The minimum Gasteiger partial charge on any atom is -0.370 e. The van der Waals surface area contributed by atoms with E-state index in [2.05, 4.69) is 25.5 Å². The fourth-order valence-corrected chi connectivity index (χ4v) is 3.14. The molecule has 25 heavy (non-hydrogen) atoms. The first-order valence-electron chi connectivity index (χ1n) is 8.56. The maximum atomic E-state index is 5.90. The molecule has 0 bridgehead atoms. The molecule has 8 nitrogen and oxygen atoms in total. The van der Waals surface area contributed by atoms with Crippen molar-refractivity contribution in [3.8, 4) is 0 Å². The van der Waals surface area contributed by atoms with Crippen LogP contribution in [0.3, 0.4) is 0 Å². The van der Waals surface area contributed by atoms with Crippen molar-refractivity contribution in [2.24, 2.45) is 12.0 Å². The SMILES string of the molecule is CN=C(NCCc1c(C)noc1C)N1CCOC(c2cnn(C)c2)C1. The number of nitrogens with one attached hydrogen (secondary N) is 1. The van der Waals surface area contributed by atoms with Crippen LogP contribution in [0.4, 0.5) is 0 Å². The Morgan fingerprint density at radius 2 is 2.28 bits per heavy atom. The third-order valence-electron chi connectivity index (χ3n) is 4.51. The quantitative estimate of drug-likeness (QED) is 0.662. The van der Waals surface area contributed by atoms with Crippen LogP contribution in [0.1, 0.15) is 28.7 Å². The molecule has 1 unspecified atom stereocenters. The number of hydrogen-bond donors (Lipinski definition) is 1. The van der Waals surface area contributed by atoms with Crippen molar-refractivity contribution < 1.29 is 9.26 Å². The van der Waals surface area contributed by atoms with E-state index in [-0.39, 0.29) is 6.10 Å². The molecule has 0 radical (unpaired) electrons. The molecule has 0 amide bonds. The monoisotopic (exact) mass is 346 g/mol. The van der Waals surface area contributed by atoms with Crippen LogP contribution in [-0.2, 0) is 18.2 Å². The Kier molecular flexibility index (Phi) is 5.37. The predicted molar refractivity (Wildman–Crippen MR) is 94.5 cm³/mol. The van der Waals surface area contributed by atoms with E-state index < -0.39 is 0 Å². The maximum absolute atomic E-state index is 5.90. The number of aryl methyl sites for hydroxylation is 3. The first kappa shape index (κ1) is 17.5. The van der Waals surface area contributed by atoms with Gasteiger partial charge in [-0.05, 0) is 20.3 Å². The van der Waals surface area contributed by atoms with Crippen molar-refractivity contribution in [3.05, 3.63) is 35.0 Å². The summed E-state index contributed by atoms with van der Waals surface area (Å²) in [7, 11) is 3.73. The van der Waals surface area contributed by atoms with Gasteiger partial charge in [0.2, 0.25) is 0 Å². The van der Waals surface area contributed by atoms with E-state index in [1.165, 1.54) is 0 Å². The average Bonchev–Trinajstić information content (AvgIpc) is 3.19. The van der Waals surface area contributed by atoms with Crippen LogP contribution in [0.2, 0.25) is 0 Å². The molecule has 0 saturated carbocycles. The van der Waals surface area contributed by atoms with Crippen LogP contribution >= 0.6 is 0 Å². The van der Waals surface area contributed by atoms with Crippen LogP contribution in [0, 0.1) is 13.8 Å². The number of hydrogen-bond acceptors (Lipinski definition) is 5. The van der Waals surface area contributed by atoms with E-state index >= 15 is 0 Å². The van der Waals surface area contributed by atoms with Gasteiger partial charge in [-0.2, -0.15) is 5.10 Å². The smallest absolute Gasteiger partial charge is 0.193 e. The molecule has 8 heteroatoms. The molecule has 1 aliphatic rings. The molecule has 3 heterocycles. The molecule has 0 spiro atoms. The fraction of sp³-hybridized carbons (Fsp3) is 0.588. The number of morpholine rings is 1. The molecule has 3 rings (SSSR count). The van der Waals surface area contributed by atoms with Crippen molar-refractivity contribution >= 4 is 5.96 Å². The molecular weight excluding hydrogens is 320 g/mol. The third kappa shape index (κ3) is 4.01. The van der Waals surface area contributed by atoms with Crippen molar-refractivity contribution in [2.75, 3.05) is 33.3 Å². The topological polar surface area (TPSA) is 80.7 Å². The predicted octanol–water partition coefficient (Wildman–Crippen LogP) is 1.22. The second-order valence-corrected chi connectivity index (χ2v) is 6.28. The summed E-state index contributed by atoms with van der Waals surface area (Å²) in [5.74, 6) is 1.78. The lowest BCUT2D eigenvalue weighted by Gasteiger charge is -2.34. The first-order chi connectivity index (χ1) is 12.1. The fourth-order valence-electron chi connectivity index (χ4n) is 3.14. The number of ether oxygens (including phenoxy) is 1. The van der Waals surface area contributed by atoms with Crippen molar-refractivity contribution in [1.82, 2.24) is 25.2 Å². The minimum absolute atomic E-state index is 0.0172. The van der Waals surface area contributed by atoms with E-state index in [9.17, 15) is 0 Å². The maximum Gasteiger partial charge on any atom is 0.193 e. The van der Waals surface area contributed by atoms with Gasteiger partial charge in [0.15, 0.2) is 5.96 Å². The Balaban J connectivity index is 1.57. The van der Waals surface area contributed by atoms with Gasteiger partial charge in [-0.1, -0.05) is 5.16 Å². The number of rotatable bonds is 4. The summed E-state index contributed by atoms with van der Waals surface area (Å²) in [5.41, 5.74) is 3.22.